The summed E-state index contributed by atoms with van der Waals surface area (Å²) in [4.78, 5) is 15.7. The van der Waals surface area contributed by atoms with E-state index in [1.54, 1.807) is 6.07 Å². The number of nitrogens with zero attached hydrogens (tertiary/aromatic N) is 6. The predicted octanol–water partition coefficient (Wildman–Crippen LogP) is 8.15. The fraction of sp³-hybridized carbons (Fsp3) is 0.138. The van der Waals surface area contributed by atoms with Crippen LogP contribution in [0.3, 0.4) is 0 Å². The van der Waals surface area contributed by atoms with Gasteiger partial charge >= 0.3 is 0 Å². The molecular weight excluding hydrogens is 510 g/mol. The largest absolute Gasteiger partial charge is 0.338 e. The molecule has 0 radical (unpaired) electrons. The molecule has 2 aromatic heterocycles. The van der Waals surface area contributed by atoms with Crippen LogP contribution in [0.1, 0.15) is 33.5 Å². The highest BCUT2D eigenvalue weighted by atomic mass is 32.1. The highest BCUT2D eigenvalue weighted by Gasteiger charge is 2.19. The zero-order valence-electron chi connectivity index (χ0n) is 21.5. The van der Waals surface area contributed by atoms with Crippen LogP contribution in [-0.2, 0) is 6.42 Å². The normalized spacial score (nSPS) is 11.1. The van der Waals surface area contributed by atoms with Crippen molar-refractivity contribution in [3.63, 3.8) is 0 Å². The van der Waals surface area contributed by atoms with E-state index >= 15 is 0 Å². The van der Waals surface area contributed by atoms with Crippen LogP contribution in [0, 0.1) is 42.2 Å². The van der Waals surface area contributed by atoms with Crippen molar-refractivity contribution in [1.29, 1.82) is 5.26 Å². The first-order valence-electron chi connectivity index (χ1n) is 12.1. The Bertz CT molecular complexity index is 1770. The Morgan fingerprint density at radius 2 is 1.69 bits per heavy atom. The number of fused-ring (bicyclic) bond motifs is 1. The molecule has 5 aromatic rings. The Labute approximate surface area is 228 Å². The van der Waals surface area contributed by atoms with Crippen LogP contribution in [-0.4, -0.2) is 14.3 Å². The van der Waals surface area contributed by atoms with E-state index in [-0.39, 0.29) is 5.69 Å². The molecule has 0 atom stereocenters. The Balaban J connectivity index is 1.61. The molecule has 10 heteroatoms. The van der Waals surface area contributed by atoms with Gasteiger partial charge in [-0.05, 0) is 56.1 Å². The third kappa shape index (κ3) is 5.49. The number of nitro groups is 1. The van der Waals surface area contributed by atoms with Gasteiger partial charge in [0.05, 0.1) is 21.7 Å². The molecule has 0 bridgehead atoms. The van der Waals surface area contributed by atoms with Crippen LogP contribution in [0.2, 0.25) is 0 Å². The van der Waals surface area contributed by atoms with Gasteiger partial charge in [-0.2, -0.15) is 9.64 Å². The van der Waals surface area contributed by atoms with E-state index in [0.717, 1.165) is 33.9 Å². The van der Waals surface area contributed by atoms with E-state index in [4.69, 9.17) is 4.98 Å². The molecule has 39 heavy (non-hydrogen) atoms. The van der Waals surface area contributed by atoms with Crippen molar-refractivity contribution >= 4 is 50.3 Å². The Morgan fingerprint density at radius 1 is 1.00 bits per heavy atom. The zero-order chi connectivity index (χ0) is 27.5. The molecule has 0 unspecified atom stereocenters. The maximum Gasteiger partial charge on any atom is 0.270 e. The molecule has 1 N–H and O–H groups in total. The molecule has 9 nitrogen and oxygen atoms in total. The topological polar surface area (TPSA) is 129 Å². The number of azo groups is 1. The van der Waals surface area contributed by atoms with Crippen molar-refractivity contribution in [1.82, 2.24) is 9.36 Å². The van der Waals surface area contributed by atoms with E-state index in [9.17, 15) is 15.4 Å². The van der Waals surface area contributed by atoms with E-state index in [1.165, 1.54) is 12.1 Å². The number of pyridine rings is 1. The van der Waals surface area contributed by atoms with E-state index in [1.807, 2.05) is 69.3 Å². The first kappa shape index (κ1) is 25.6. The van der Waals surface area contributed by atoms with E-state index < -0.39 is 4.92 Å². The van der Waals surface area contributed by atoms with Gasteiger partial charge in [0.2, 0.25) is 0 Å². The molecule has 0 aliphatic heterocycles. The lowest BCUT2D eigenvalue weighted by molar-refractivity contribution is -0.384. The average molecular weight is 534 g/mol. The van der Waals surface area contributed by atoms with Gasteiger partial charge in [0.15, 0.2) is 10.8 Å². The summed E-state index contributed by atoms with van der Waals surface area (Å²) >= 11 is 1.10. The van der Waals surface area contributed by atoms with Crippen LogP contribution in [0.25, 0.3) is 10.9 Å². The number of anilines is 2. The second kappa shape index (κ2) is 10.8. The molecule has 0 fully saturated rings. The third-order valence-electron chi connectivity index (χ3n) is 6.30. The molecule has 0 amide bonds. The molecule has 192 valence electrons. The molecular formula is C29H23N7O2S. The standard InChI is InChI=1S/C29H23N7O2S/c1-17-4-8-20(9-5-17)14-26-24(16-30)19(3)27(28(32-26)31-21-10-6-18(2)7-11-21)33-34-29-23-15-22(36(37)38)12-13-25(23)35-39-29/h4-13,15H,14H2,1-3H3,(H,31,32). The van der Waals surface area contributed by atoms with Crippen molar-refractivity contribution in [3.05, 3.63) is 110 Å². The first-order chi connectivity index (χ1) is 18.8. The molecule has 0 aliphatic carbocycles. The van der Waals surface area contributed by atoms with Crippen molar-refractivity contribution in [3.8, 4) is 6.07 Å². The van der Waals surface area contributed by atoms with Crippen molar-refractivity contribution in [2.45, 2.75) is 27.2 Å². The maximum atomic E-state index is 11.3. The van der Waals surface area contributed by atoms with Gasteiger partial charge in [-0.3, -0.25) is 10.1 Å². The summed E-state index contributed by atoms with van der Waals surface area (Å²) in [6.45, 7) is 5.86. The fourth-order valence-corrected chi connectivity index (χ4v) is 4.80. The van der Waals surface area contributed by atoms with Gasteiger partial charge in [0, 0.05) is 35.2 Å². The summed E-state index contributed by atoms with van der Waals surface area (Å²) in [5, 5.41) is 34.6. The molecule has 2 heterocycles. The molecule has 0 saturated heterocycles. The minimum Gasteiger partial charge on any atom is -0.338 e. The lowest BCUT2D eigenvalue weighted by Crippen LogP contribution is -2.04. The number of non-ortho nitro benzene ring substituents is 1. The summed E-state index contributed by atoms with van der Waals surface area (Å²) in [6.07, 6.45) is 0.479. The Morgan fingerprint density at radius 3 is 2.36 bits per heavy atom. The summed E-state index contributed by atoms with van der Waals surface area (Å²) in [7, 11) is 0. The van der Waals surface area contributed by atoms with Gasteiger partial charge in [-0.15, -0.1) is 10.2 Å². The molecule has 5 rings (SSSR count). The maximum absolute atomic E-state index is 11.3. The number of hydrogen-bond donors (Lipinski definition) is 1. The van der Waals surface area contributed by atoms with Gasteiger partial charge in [0.25, 0.3) is 5.69 Å². The predicted molar refractivity (Wildman–Crippen MR) is 153 cm³/mol. The number of aryl methyl sites for hydroxylation is 2. The number of nitro benzene ring substituents is 1. The van der Waals surface area contributed by atoms with E-state index in [0.29, 0.717) is 50.7 Å². The minimum absolute atomic E-state index is 0.0500. The number of rotatable bonds is 7. The molecule has 0 aliphatic rings. The molecule has 0 spiro atoms. The fourth-order valence-electron chi connectivity index (χ4n) is 4.11. The third-order valence-corrected chi connectivity index (χ3v) is 7.06. The number of aromatic nitrogens is 2. The smallest absolute Gasteiger partial charge is 0.270 e. The number of nitrogens with one attached hydrogen (secondary N) is 1. The highest BCUT2D eigenvalue weighted by Crippen LogP contribution is 2.38. The van der Waals surface area contributed by atoms with Crippen LogP contribution in [0.5, 0.6) is 0 Å². The first-order valence-corrected chi connectivity index (χ1v) is 12.9. The van der Waals surface area contributed by atoms with Crippen molar-refractivity contribution in [2.24, 2.45) is 10.2 Å². The number of hydrogen-bond acceptors (Lipinski definition) is 9. The Hall–Kier alpha value is -5.01. The van der Waals surface area contributed by atoms with Gasteiger partial charge < -0.3 is 5.32 Å². The van der Waals surface area contributed by atoms with Crippen LogP contribution < -0.4 is 5.32 Å². The highest BCUT2D eigenvalue weighted by molar-refractivity contribution is 7.11. The van der Waals surface area contributed by atoms with Crippen LogP contribution in [0.15, 0.2) is 77.0 Å². The molecule has 0 saturated carbocycles. The average Bonchev–Trinajstić information content (AvgIpc) is 3.33. The number of nitriles is 1. The zero-order valence-corrected chi connectivity index (χ0v) is 22.3. The van der Waals surface area contributed by atoms with Crippen LogP contribution >= 0.6 is 11.5 Å². The minimum atomic E-state index is -0.457. The lowest BCUT2D eigenvalue weighted by Gasteiger charge is -2.15. The quantitative estimate of drug-likeness (QED) is 0.128. The number of benzene rings is 3. The molecule has 3 aromatic carbocycles. The summed E-state index contributed by atoms with van der Waals surface area (Å²) in [5.41, 5.74) is 6.78. The van der Waals surface area contributed by atoms with Gasteiger partial charge in [-0.25, -0.2) is 4.98 Å². The monoisotopic (exact) mass is 533 g/mol. The second-order valence-corrected chi connectivity index (χ2v) is 9.92. The SMILES string of the molecule is Cc1ccc(Cc2nc(Nc3ccc(C)cc3)c(N=Nc3snc4ccc([N+](=O)[O-])cc34)c(C)c2C#N)cc1. The van der Waals surface area contributed by atoms with Gasteiger partial charge in [0.1, 0.15) is 11.8 Å². The lowest BCUT2D eigenvalue weighted by atomic mass is 10.0. The summed E-state index contributed by atoms with van der Waals surface area (Å²) in [6, 6.07) is 22.7. The summed E-state index contributed by atoms with van der Waals surface area (Å²) in [5.74, 6) is 0.459. The second-order valence-electron chi connectivity index (χ2n) is 9.17. The summed E-state index contributed by atoms with van der Waals surface area (Å²) < 4.78 is 4.33. The van der Waals surface area contributed by atoms with Crippen LogP contribution in [0.4, 0.5) is 27.9 Å². The van der Waals surface area contributed by atoms with Gasteiger partial charge in [-0.1, -0.05) is 47.5 Å². The van der Waals surface area contributed by atoms with Crippen molar-refractivity contribution in [2.75, 3.05) is 5.32 Å². The Kier molecular flexibility index (Phi) is 7.08. The van der Waals surface area contributed by atoms with E-state index in [2.05, 4.69) is 26.0 Å². The van der Waals surface area contributed by atoms with Crippen molar-refractivity contribution < 1.29 is 4.92 Å².